The first kappa shape index (κ1) is 19.5. The fourth-order valence-electron chi connectivity index (χ4n) is 3.97. The number of aromatic nitrogens is 5. The molecule has 0 radical (unpaired) electrons. The van der Waals surface area contributed by atoms with Crippen molar-refractivity contribution in [2.24, 2.45) is 0 Å². The van der Waals surface area contributed by atoms with Crippen LogP contribution in [0.15, 0.2) is 77.6 Å². The number of rotatable bonds is 3. The van der Waals surface area contributed by atoms with Gasteiger partial charge in [-0.15, -0.1) is 0 Å². The average molecular weight is 454 g/mol. The van der Waals surface area contributed by atoms with Crippen LogP contribution in [0.5, 0.6) is 5.75 Å². The van der Waals surface area contributed by atoms with Crippen molar-refractivity contribution in [2.45, 2.75) is 0 Å². The molecule has 3 aromatic heterocycles. The van der Waals surface area contributed by atoms with Gasteiger partial charge in [0.15, 0.2) is 11.3 Å². The Balaban J connectivity index is 1.74. The molecular formula is C25H16ClN5O2. The van der Waals surface area contributed by atoms with E-state index in [2.05, 4.69) is 4.98 Å². The lowest BCUT2D eigenvalue weighted by atomic mass is 10.2. The minimum Gasteiger partial charge on any atom is -0.497 e. The van der Waals surface area contributed by atoms with Gasteiger partial charge in [0.1, 0.15) is 22.5 Å². The Morgan fingerprint density at radius 3 is 2.24 bits per heavy atom. The highest BCUT2D eigenvalue weighted by molar-refractivity contribution is 6.30. The van der Waals surface area contributed by atoms with E-state index < -0.39 is 0 Å². The highest BCUT2D eigenvalue weighted by Crippen LogP contribution is 2.30. The molecule has 3 heterocycles. The molecule has 8 heteroatoms. The molecule has 0 fully saturated rings. The molecule has 0 amide bonds. The summed E-state index contributed by atoms with van der Waals surface area (Å²) in [4.78, 5) is 30.7. The van der Waals surface area contributed by atoms with Crippen molar-refractivity contribution >= 4 is 44.8 Å². The number of fused-ring (bicyclic) bond motifs is 4. The van der Waals surface area contributed by atoms with Crippen LogP contribution in [0.4, 0.5) is 0 Å². The molecule has 0 aliphatic rings. The zero-order valence-electron chi connectivity index (χ0n) is 17.4. The van der Waals surface area contributed by atoms with E-state index in [1.165, 1.54) is 0 Å². The molecule has 0 aliphatic carbocycles. The first-order valence-corrected chi connectivity index (χ1v) is 10.6. The number of nitrogens with one attached hydrogen (secondary N) is 1. The van der Waals surface area contributed by atoms with Crippen molar-refractivity contribution in [1.29, 1.82) is 0 Å². The molecule has 3 aromatic carbocycles. The number of aromatic amines is 1. The van der Waals surface area contributed by atoms with Crippen LogP contribution in [0, 0.1) is 0 Å². The summed E-state index contributed by atoms with van der Waals surface area (Å²) in [6.07, 6.45) is 0. The topological polar surface area (TPSA) is 85.7 Å². The fraction of sp³-hybridized carbons (Fsp3) is 0.0400. The van der Waals surface area contributed by atoms with Gasteiger partial charge in [0, 0.05) is 16.3 Å². The third-order valence-corrected chi connectivity index (χ3v) is 5.81. The number of nitrogens with zero attached hydrogens (tertiary/aromatic N) is 4. The zero-order valence-corrected chi connectivity index (χ0v) is 18.2. The lowest BCUT2D eigenvalue weighted by Gasteiger charge is -2.08. The number of H-pyrrole nitrogens is 1. The third kappa shape index (κ3) is 3.13. The molecule has 0 saturated carbocycles. The Morgan fingerprint density at radius 1 is 0.848 bits per heavy atom. The van der Waals surface area contributed by atoms with Gasteiger partial charge in [-0.05, 0) is 60.7 Å². The van der Waals surface area contributed by atoms with Crippen LogP contribution in [0.1, 0.15) is 0 Å². The second kappa shape index (κ2) is 7.43. The summed E-state index contributed by atoms with van der Waals surface area (Å²) >= 11 is 6.04. The van der Waals surface area contributed by atoms with Gasteiger partial charge in [-0.1, -0.05) is 23.7 Å². The minimum atomic E-state index is -0.285. The van der Waals surface area contributed by atoms with Crippen LogP contribution >= 0.6 is 11.6 Å². The average Bonchev–Trinajstić information content (AvgIpc) is 3.16. The van der Waals surface area contributed by atoms with Crippen molar-refractivity contribution in [3.8, 4) is 22.8 Å². The molecule has 7 nitrogen and oxygen atoms in total. The molecule has 160 valence electrons. The van der Waals surface area contributed by atoms with Gasteiger partial charge >= 0.3 is 0 Å². The molecule has 6 aromatic rings. The van der Waals surface area contributed by atoms with Crippen LogP contribution in [0.2, 0.25) is 5.02 Å². The first-order chi connectivity index (χ1) is 16.1. The van der Waals surface area contributed by atoms with E-state index >= 15 is 0 Å². The maximum absolute atomic E-state index is 13.3. The highest BCUT2D eigenvalue weighted by Gasteiger charge is 2.21. The molecule has 1 N–H and O–H groups in total. The number of benzene rings is 3. The van der Waals surface area contributed by atoms with Crippen LogP contribution in [0.3, 0.4) is 0 Å². The predicted molar refractivity (Wildman–Crippen MR) is 129 cm³/mol. The van der Waals surface area contributed by atoms with Gasteiger partial charge in [-0.25, -0.2) is 15.0 Å². The Kier molecular flexibility index (Phi) is 4.38. The largest absolute Gasteiger partial charge is 0.497 e. The molecule has 33 heavy (non-hydrogen) atoms. The smallest absolute Gasteiger partial charge is 0.262 e. The Morgan fingerprint density at radius 2 is 1.55 bits per heavy atom. The monoisotopic (exact) mass is 453 g/mol. The molecule has 0 saturated heterocycles. The number of halogens is 1. The van der Waals surface area contributed by atoms with E-state index in [0.29, 0.717) is 38.6 Å². The fourth-order valence-corrected chi connectivity index (χ4v) is 4.10. The summed E-state index contributed by atoms with van der Waals surface area (Å²) < 4.78 is 7.17. The van der Waals surface area contributed by atoms with E-state index in [9.17, 15) is 4.79 Å². The van der Waals surface area contributed by atoms with Crippen molar-refractivity contribution in [3.05, 3.63) is 88.2 Å². The Labute approximate surface area is 192 Å². The molecule has 0 unspecified atom stereocenters. The maximum atomic E-state index is 13.3. The lowest BCUT2D eigenvalue weighted by molar-refractivity contribution is 0.415. The van der Waals surface area contributed by atoms with Gasteiger partial charge in [-0.3, -0.25) is 9.36 Å². The predicted octanol–water partition coefficient (Wildman–Crippen LogP) is 5.14. The van der Waals surface area contributed by atoms with Gasteiger partial charge in [0.05, 0.1) is 18.1 Å². The van der Waals surface area contributed by atoms with Crippen molar-refractivity contribution < 1.29 is 4.74 Å². The second-order valence-corrected chi connectivity index (χ2v) is 7.97. The van der Waals surface area contributed by atoms with Crippen LogP contribution in [0.25, 0.3) is 50.3 Å². The SMILES string of the molecule is COc1ccc(-n2c3nc4ccccc4nc3c3c(=O)[nH]c(-c4ccc(Cl)cc4)nc32)cc1. The lowest BCUT2D eigenvalue weighted by Crippen LogP contribution is -2.10. The number of hydrogen-bond acceptors (Lipinski definition) is 5. The van der Waals surface area contributed by atoms with Crippen molar-refractivity contribution in [1.82, 2.24) is 24.5 Å². The van der Waals surface area contributed by atoms with E-state index in [0.717, 1.165) is 22.5 Å². The van der Waals surface area contributed by atoms with Gasteiger partial charge in [0.25, 0.3) is 5.56 Å². The summed E-state index contributed by atoms with van der Waals surface area (Å²) in [7, 11) is 1.62. The molecule has 0 aliphatic heterocycles. The Hall–Kier alpha value is -4.23. The maximum Gasteiger partial charge on any atom is 0.262 e. The quantitative estimate of drug-likeness (QED) is 0.401. The van der Waals surface area contributed by atoms with Crippen LogP contribution < -0.4 is 10.3 Å². The van der Waals surface area contributed by atoms with E-state index in [1.54, 1.807) is 19.2 Å². The van der Waals surface area contributed by atoms with Crippen LogP contribution in [-0.2, 0) is 0 Å². The minimum absolute atomic E-state index is 0.285. The zero-order chi connectivity index (χ0) is 22.5. The second-order valence-electron chi connectivity index (χ2n) is 7.54. The van der Waals surface area contributed by atoms with E-state index in [1.807, 2.05) is 65.2 Å². The summed E-state index contributed by atoms with van der Waals surface area (Å²) in [5, 5.41) is 0.992. The highest BCUT2D eigenvalue weighted by atomic mass is 35.5. The summed E-state index contributed by atoms with van der Waals surface area (Å²) in [5.41, 5.74) is 4.22. The van der Waals surface area contributed by atoms with E-state index in [-0.39, 0.29) is 5.56 Å². The van der Waals surface area contributed by atoms with Gasteiger partial charge in [0.2, 0.25) is 0 Å². The van der Waals surface area contributed by atoms with Crippen LogP contribution in [-0.4, -0.2) is 31.6 Å². The summed E-state index contributed by atoms with van der Waals surface area (Å²) in [6, 6.07) is 22.2. The van der Waals surface area contributed by atoms with E-state index in [4.69, 9.17) is 31.3 Å². The molecule has 6 rings (SSSR count). The molecule has 0 spiro atoms. The standard InChI is InChI=1S/C25H16ClN5O2/c1-33-17-12-10-16(11-13-17)31-23-20(21-24(31)28-19-5-3-2-4-18(19)27-21)25(32)30-22(29-23)14-6-8-15(26)9-7-14/h2-13H,1H3,(H,29,30,32). The normalized spacial score (nSPS) is 11.5. The first-order valence-electron chi connectivity index (χ1n) is 10.2. The van der Waals surface area contributed by atoms with Crippen molar-refractivity contribution in [3.63, 3.8) is 0 Å². The molecule has 0 bridgehead atoms. The van der Waals surface area contributed by atoms with Gasteiger partial charge in [-0.2, -0.15) is 0 Å². The summed E-state index contributed by atoms with van der Waals surface area (Å²) in [5.74, 6) is 1.16. The number of methoxy groups -OCH3 is 1. The number of para-hydroxylation sites is 2. The number of ether oxygens (including phenoxy) is 1. The Bertz CT molecular complexity index is 1720. The van der Waals surface area contributed by atoms with Gasteiger partial charge < -0.3 is 9.72 Å². The molecular weight excluding hydrogens is 438 g/mol. The third-order valence-electron chi connectivity index (χ3n) is 5.56. The molecule has 0 atom stereocenters. The number of hydrogen-bond donors (Lipinski definition) is 1. The summed E-state index contributed by atoms with van der Waals surface area (Å²) in [6.45, 7) is 0. The van der Waals surface area contributed by atoms with Crippen molar-refractivity contribution in [2.75, 3.05) is 7.11 Å².